The van der Waals surface area contributed by atoms with E-state index in [1.54, 1.807) is 24.3 Å². The van der Waals surface area contributed by atoms with Crippen LogP contribution in [0.3, 0.4) is 0 Å². The lowest BCUT2D eigenvalue weighted by atomic mass is 10.2. The number of nitrogens with zero attached hydrogens (tertiary/aromatic N) is 1. The molecule has 0 spiro atoms. The van der Waals surface area contributed by atoms with Gasteiger partial charge in [0.1, 0.15) is 17.3 Å². The Morgan fingerprint density at radius 1 is 0.963 bits per heavy atom. The standard InChI is InChI=1S/C19H16F3NO4/c20-19(21,22)14-4-1-5-15(10-14)27-13-18(24)23(11-16-6-2-8-25-16)12-17-7-3-9-26-17/h1-10H,11-13H2. The van der Waals surface area contributed by atoms with Gasteiger partial charge in [0, 0.05) is 0 Å². The molecule has 27 heavy (non-hydrogen) atoms. The smallest absolute Gasteiger partial charge is 0.416 e. The van der Waals surface area contributed by atoms with Gasteiger partial charge in [0.25, 0.3) is 5.91 Å². The van der Waals surface area contributed by atoms with Crippen LogP contribution in [0.2, 0.25) is 0 Å². The quantitative estimate of drug-likeness (QED) is 0.607. The maximum absolute atomic E-state index is 12.8. The van der Waals surface area contributed by atoms with Gasteiger partial charge >= 0.3 is 6.18 Å². The van der Waals surface area contributed by atoms with Crippen molar-refractivity contribution < 1.29 is 31.5 Å². The maximum atomic E-state index is 12.8. The number of carbonyl (C=O) groups excluding carboxylic acids is 1. The Kier molecular flexibility index (Phi) is 5.54. The molecule has 0 aliphatic heterocycles. The molecule has 5 nitrogen and oxygen atoms in total. The summed E-state index contributed by atoms with van der Waals surface area (Å²) in [6.45, 7) is -0.0559. The molecule has 0 fully saturated rings. The fourth-order valence-corrected chi connectivity index (χ4v) is 2.41. The van der Waals surface area contributed by atoms with E-state index in [0.717, 1.165) is 12.1 Å². The van der Waals surface area contributed by atoms with E-state index in [9.17, 15) is 18.0 Å². The third-order valence-corrected chi connectivity index (χ3v) is 3.73. The molecule has 1 amide bonds. The van der Waals surface area contributed by atoms with Crippen molar-refractivity contribution in [2.75, 3.05) is 6.61 Å². The zero-order valence-electron chi connectivity index (χ0n) is 14.1. The first-order valence-corrected chi connectivity index (χ1v) is 8.04. The summed E-state index contributed by atoms with van der Waals surface area (Å²) in [4.78, 5) is 14.0. The third kappa shape index (κ3) is 5.16. The summed E-state index contributed by atoms with van der Waals surface area (Å²) in [5, 5.41) is 0. The van der Waals surface area contributed by atoms with Crippen molar-refractivity contribution in [3.05, 3.63) is 78.1 Å². The SMILES string of the molecule is O=C(COc1cccc(C(F)(F)F)c1)N(Cc1ccco1)Cc1ccco1. The van der Waals surface area contributed by atoms with Crippen molar-refractivity contribution in [3.63, 3.8) is 0 Å². The molecule has 0 N–H and O–H groups in total. The van der Waals surface area contributed by atoms with Crippen molar-refractivity contribution in [2.45, 2.75) is 19.3 Å². The predicted molar refractivity (Wildman–Crippen MR) is 88.6 cm³/mol. The number of halogens is 3. The zero-order chi connectivity index (χ0) is 19.3. The number of rotatable bonds is 7. The zero-order valence-corrected chi connectivity index (χ0v) is 14.1. The first-order valence-electron chi connectivity index (χ1n) is 8.04. The largest absolute Gasteiger partial charge is 0.484 e. The monoisotopic (exact) mass is 379 g/mol. The number of carbonyl (C=O) groups is 1. The van der Waals surface area contributed by atoms with Gasteiger partial charge in [0.05, 0.1) is 31.2 Å². The molecule has 0 atom stereocenters. The highest BCUT2D eigenvalue weighted by molar-refractivity contribution is 5.77. The van der Waals surface area contributed by atoms with Crippen LogP contribution in [0.5, 0.6) is 5.75 Å². The number of alkyl halides is 3. The second-order valence-corrected chi connectivity index (χ2v) is 5.72. The van der Waals surface area contributed by atoms with Gasteiger partial charge in [-0.2, -0.15) is 13.2 Å². The predicted octanol–water partition coefficient (Wildman–Crippen LogP) is 4.50. The number of furan rings is 2. The van der Waals surface area contributed by atoms with E-state index in [2.05, 4.69) is 0 Å². The van der Waals surface area contributed by atoms with E-state index < -0.39 is 24.3 Å². The molecule has 0 saturated heterocycles. The summed E-state index contributed by atoms with van der Waals surface area (Å²) in [5.74, 6) is 0.678. The minimum Gasteiger partial charge on any atom is -0.484 e. The summed E-state index contributed by atoms with van der Waals surface area (Å²) < 4.78 is 54.1. The Morgan fingerprint density at radius 3 is 2.11 bits per heavy atom. The van der Waals surface area contributed by atoms with Crippen molar-refractivity contribution in [1.29, 1.82) is 0 Å². The van der Waals surface area contributed by atoms with Crippen LogP contribution >= 0.6 is 0 Å². The first-order chi connectivity index (χ1) is 12.9. The fourth-order valence-electron chi connectivity index (χ4n) is 2.41. The second-order valence-electron chi connectivity index (χ2n) is 5.72. The molecule has 0 saturated carbocycles. The maximum Gasteiger partial charge on any atom is 0.416 e. The van der Waals surface area contributed by atoms with Crippen molar-refractivity contribution >= 4 is 5.91 Å². The molecule has 2 aromatic heterocycles. The highest BCUT2D eigenvalue weighted by atomic mass is 19.4. The molecule has 2 heterocycles. The summed E-state index contributed by atoms with van der Waals surface area (Å²) in [6.07, 6.45) is -1.50. The van der Waals surface area contributed by atoms with Crippen LogP contribution in [-0.2, 0) is 24.1 Å². The Hall–Kier alpha value is -3.16. The average molecular weight is 379 g/mol. The normalized spacial score (nSPS) is 11.4. The number of amides is 1. The molecular weight excluding hydrogens is 363 g/mol. The van der Waals surface area contributed by atoms with Gasteiger partial charge in [0.2, 0.25) is 0 Å². The Morgan fingerprint density at radius 2 is 1.59 bits per heavy atom. The Labute approximate surface area is 152 Å². The Bertz CT molecular complexity index is 821. The topological polar surface area (TPSA) is 55.8 Å². The van der Waals surface area contributed by atoms with Crippen LogP contribution in [0.1, 0.15) is 17.1 Å². The van der Waals surface area contributed by atoms with Crippen LogP contribution < -0.4 is 4.74 Å². The van der Waals surface area contributed by atoms with Crippen molar-refractivity contribution in [1.82, 2.24) is 4.90 Å². The summed E-state index contributed by atoms with van der Waals surface area (Å²) >= 11 is 0. The molecule has 0 aliphatic rings. The summed E-state index contributed by atoms with van der Waals surface area (Å²) in [5.41, 5.74) is -0.838. The van der Waals surface area contributed by atoms with Crippen LogP contribution in [0, 0.1) is 0 Å². The van der Waals surface area contributed by atoms with E-state index >= 15 is 0 Å². The average Bonchev–Trinajstić information content (AvgIpc) is 3.33. The highest BCUT2D eigenvalue weighted by Crippen LogP contribution is 2.31. The van der Waals surface area contributed by atoms with Crippen LogP contribution in [-0.4, -0.2) is 17.4 Å². The second kappa shape index (κ2) is 8.03. The van der Waals surface area contributed by atoms with Crippen LogP contribution in [0.15, 0.2) is 69.9 Å². The summed E-state index contributed by atoms with van der Waals surface area (Å²) in [7, 11) is 0. The van der Waals surface area contributed by atoms with E-state index in [1.165, 1.54) is 29.6 Å². The number of hydrogen-bond donors (Lipinski definition) is 0. The molecule has 0 unspecified atom stereocenters. The van der Waals surface area contributed by atoms with Gasteiger partial charge in [0.15, 0.2) is 6.61 Å². The molecule has 142 valence electrons. The van der Waals surface area contributed by atoms with E-state index in [-0.39, 0.29) is 18.8 Å². The first kappa shape index (κ1) is 18.6. The molecule has 0 aliphatic carbocycles. The van der Waals surface area contributed by atoms with E-state index in [4.69, 9.17) is 13.6 Å². The molecule has 0 bridgehead atoms. The summed E-state index contributed by atoms with van der Waals surface area (Å²) in [6, 6.07) is 11.2. The highest BCUT2D eigenvalue weighted by Gasteiger charge is 2.30. The third-order valence-electron chi connectivity index (χ3n) is 3.73. The van der Waals surface area contributed by atoms with E-state index in [0.29, 0.717) is 11.5 Å². The molecule has 0 radical (unpaired) electrons. The van der Waals surface area contributed by atoms with Crippen LogP contribution in [0.25, 0.3) is 0 Å². The molecule has 8 heteroatoms. The fraction of sp³-hybridized carbons (Fsp3) is 0.211. The van der Waals surface area contributed by atoms with Gasteiger partial charge in [-0.1, -0.05) is 6.07 Å². The molecular formula is C19H16F3NO4. The van der Waals surface area contributed by atoms with Crippen molar-refractivity contribution in [2.24, 2.45) is 0 Å². The lowest BCUT2D eigenvalue weighted by Crippen LogP contribution is -2.33. The van der Waals surface area contributed by atoms with Gasteiger partial charge in [-0.3, -0.25) is 4.79 Å². The Balaban J connectivity index is 1.67. The minimum atomic E-state index is -4.48. The minimum absolute atomic E-state index is 0.0332. The lowest BCUT2D eigenvalue weighted by molar-refractivity contribution is -0.137. The van der Waals surface area contributed by atoms with E-state index in [1.807, 2.05) is 0 Å². The molecule has 3 aromatic rings. The van der Waals surface area contributed by atoms with Gasteiger partial charge < -0.3 is 18.5 Å². The van der Waals surface area contributed by atoms with Crippen LogP contribution in [0.4, 0.5) is 13.2 Å². The number of ether oxygens (including phenoxy) is 1. The van der Waals surface area contributed by atoms with Gasteiger partial charge in [-0.05, 0) is 42.5 Å². The number of hydrogen-bond acceptors (Lipinski definition) is 4. The molecule has 3 rings (SSSR count). The van der Waals surface area contributed by atoms with Gasteiger partial charge in [-0.25, -0.2) is 0 Å². The van der Waals surface area contributed by atoms with Gasteiger partial charge in [-0.15, -0.1) is 0 Å². The van der Waals surface area contributed by atoms with Crippen molar-refractivity contribution in [3.8, 4) is 5.75 Å². The molecule has 1 aromatic carbocycles. The lowest BCUT2D eigenvalue weighted by Gasteiger charge is -2.21. The number of benzene rings is 1.